The molecule has 5 rings (SSSR count). The van der Waals surface area contributed by atoms with E-state index in [0.717, 1.165) is 18.1 Å². The second-order valence-electron chi connectivity index (χ2n) is 14.2. The summed E-state index contributed by atoms with van der Waals surface area (Å²) in [4.78, 5) is 55.4. The first-order chi connectivity index (χ1) is 21.1. The van der Waals surface area contributed by atoms with Crippen molar-refractivity contribution in [2.75, 3.05) is 6.61 Å². The van der Waals surface area contributed by atoms with Gasteiger partial charge in [-0.3, -0.25) is 14.4 Å². The highest BCUT2D eigenvalue weighted by atomic mass is 28.4. The maximum atomic E-state index is 15.0. The molecule has 1 N–H and O–H groups in total. The van der Waals surface area contributed by atoms with Gasteiger partial charge in [-0.2, -0.15) is 0 Å². The molecule has 1 aromatic carbocycles. The predicted octanol–water partition coefficient (Wildman–Crippen LogP) is 5.35. The molecule has 0 unspecified atom stereocenters. The topological polar surface area (TPSA) is 125 Å². The van der Waals surface area contributed by atoms with Crippen molar-refractivity contribution in [3.63, 3.8) is 0 Å². The van der Waals surface area contributed by atoms with E-state index in [1.54, 1.807) is 51.1 Å². The molecule has 0 spiro atoms. The molecule has 10 heteroatoms. The van der Waals surface area contributed by atoms with Crippen LogP contribution in [-0.4, -0.2) is 73.0 Å². The summed E-state index contributed by atoms with van der Waals surface area (Å²) < 4.78 is 25.8. The normalized spacial score (nSPS) is 35.8. The third kappa shape index (κ3) is 4.89. The minimum absolute atomic E-state index is 0.0407. The van der Waals surface area contributed by atoms with Gasteiger partial charge >= 0.3 is 11.9 Å². The lowest BCUT2D eigenvalue weighted by Gasteiger charge is -2.67. The van der Waals surface area contributed by atoms with E-state index >= 15 is 4.79 Å². The minimum Gasteiger partial charge on any atom is -0.455 e. The van der Waals surface area contributed by atoms with Crippen LogP contribution in [0.1, 0.15) is 85.0 Å². The van der Waals surface area contributed by atoms with Crippen LogP contribution in [-0.2, 0) is 33.0 Å². The van der Waals surface area contributed by atoms with Crippen molar-refractivity contribution >= 4 is 31.8 Å². The predicted molar refractivity (Wildman–Crippen MR) is 169 cm³/mol. The summed E-state index contributed by atoms with van der Waals surface area (Å²) >= 11 is 0. The zero-order valence-electron chi connectivity index (χ0n) is 27.9. The van der Waals surface area contributed by atoms with Crippen LogP contribution in [0.3, 0.4) is 0 Å². The smallest absolute Gasteiger partial charge is 0.338 e. The summed E-state index contributed by atoms with van der Waals surface area (Å²) in [7, 11) is -2.33. The Balaban J connectivity index is 1.81. The molecule has 0 aromatic heterocycles. The zero-order valence-corrected chi connectivity index (χ0v) is 28.9. The van der Waals surface area contributed by atoms with E-state index in [9.17, 15) is 19.5 Å². The Labute approximate surface area is 267 Å². The highest BCUT2D eigenvalue weighted by Crippen LogP contribution is 2.64. The molecule has 246 valence electrons. The van der Waals surface area contributed by atoms with E-state index in [1.807, 2.05) is 6.92 Å². The number of carbonyl (C=O) groups excluding carboxylic acids is 4. The van der Waals surface area contributed by atoms with Crippen molar-refractivity contribution in [2.24, 2.45) is 16.7 Å². The number of hydrogen-bond donors (Lipinski definition) is 1. The van der Waals surface area contributed by atoms with Crippen molar-refractivity contribution in [1.82, 2.24) is 0 Å². The SMILES string of the molecule is CC[Si](CC)(CC)O[C@H]1C[C@H]2OC[C@@]2(OC(C)=O)[C@H]2[C@H](OC(=O)c3ccccc3)[C@]3(O)CC(=O)C(C)=C(CC(=O)[C@]12C)C3(C)C. The van der Waals surface area contributed by atoms with Crippen LogP contribution in [0.15, 0.2) is 41.5 Å². The van der Waals surface area contributed by atoms with Gasteiger partial charge in [-0.25, -0.2) is 4.79 Å². The molecule has 1 heterocycles. The average Bonchev–Trinajstić information content (AvgIpc) is 3.00. The number of carbonyl (C=O) groups is 4. The molecule has 4 aliphatic rings. The first-order valence-corrected chi connectivity index (χ1v) is 18.8. The molecule has 9 nitrogen and oxygen atoms in total. The second-order valence-corrected chi connectivity index (χ2v) is 19.0. The lowest BCUT2D eigenvalue weighted by molar-refractivity contribution is -0.342. The van der Waals surface area contributed by atoms with Crippen LogP contribution < -0.4 is 0 Å². The number of aliphatic hydroxyl groups is 1. The molecule has 45 heavy (non-hydrogen) atoms. The van der Waals surface area contributed by atoms with Crippen LogP contribution in [0.5, 0.6) is 0 Å². The van der Waals surface area contributed by atoms with Gasteiger partial charge in [0, 0.05) is 31.6 Å². The fourth-order valence-corrected chi connectivity index (χ4v) is 11.7. The number of fused-ring (bicyclic) bond motifs is 5. The number of hydrogen-bond acceptors (Lipinski definition) is 9. The number of ketones is 2. The van der Waals surface area contributed by atoms with Crippen LogP contribution in [0.25, 0.3) is 0 Å². The molecule has 3 fully saturated rings. The van der Waals surface area contributed by atoms with Gasteiger partial charge in [-0.1, -0.05) is 52.8 Å². The maximum absolute atomic E-state index is 15.0. The largest absolute Gasteiger partial charge is 0.455 e. The molecule has 0 radical (unpaired) electrons. The lowest BCUT2D eigenvalue weighted by Crippen LogP contribution is -2.81. The van der Waals surface area contributed by atoms with Crippen molar-refractivity contribution in [1.29, 1.82) is 0 Å². The highest BCUT2D eigenvalue weighted by molar-refractivity contribution is 6.73. The quantitative estimate of drug-likeness (QED) is 0.296. The molecule has 1 aromatic rings. The number of rotatable bonds is 8. The van der Waals surface area contributed by atoms with Gasteiger partial charge in [0.25, 0.3) is 0 Å². The molecule has 1 saturated heterocycles. The number of ether oxygens (including phenoxy) is 3. The Morgan fingerprint density at radius 3 is 2.20 bits per heavy atom. The molecule has 1 aliphatic heterocycles. The number of Topliss-reactive ketones (excluding diaryl/α,β-unsaturated/α-hetero) is 2. The van der Waals surface area contributed by atoms with Gasteiger partial charge in [0.05, 0.1) is 29.6 Å². The Morgan fingerprint density at radius 2 is 1.67 bits per heavy atom. The van der Waals surface area contributed by atoms with Gasteiger partial charge in [0.2, 0.25) is 0 Å². The summed E-state index contributed by atoms with van der Waals surface area (Å²) in [5.74, 6) is -2.86. The second kappa shape index (κ2) is 11.5. The number of esters is 2. The Morgan fingerprint density at radius 1 is 1.04 bits per heavy atom. The molecular formula is C35H48O9Si. The first-order valence-electron chi connectivity index (χ1n) is 16.3. The summed E-state index contributed by atoms with van der Waals surface area (Å²) in [6, 6.07) is 10.9. The summed E-state index contributed by atoms with van der Waals surface area (Å²) in [5.41, 5.74) is -4.63. The van der Waals surface area contributed by atoms with Gasteiger partial charge < -0.3 is 23.7 Å². The highest BCUT2D eigenvalue weighted by Gasteiger charge is 2.77. The molecular weight excluding hydrogens is 592 g/mol. The van der Waals surface area contributed by atoms with E-state index in [4.69, 9.17) is 18.6 Å². The molecule has 3 aliphatic carbocycles. The fourth-order valence-electron chi connectivity index (χ4n) is 8.75. The monoisotopic (exact) mass is 640 g/mol. The summed E-state index contributed by atoms with van der Waals surface area (Å²) in [6.45, 7) is 14.7. The van der Waals surface area contributed by atoms with Crippen LogP contribution in [0.4, 0.5) is 0 Å². The van der Waals surface area contributed by atoms with Crippen molar-refractivity contribution < 1.29 is 42.9 Å². The summed E-state index contributed by atoms with van der Waals surface area (Å²) in [6.07, 6.45) is -2.85. The standard InChI is InChI=1S/C35H48O9Si/c1-9-45(10-2,11-3)44-27-18-28-34(20-41-28,43-22(5)36)29-30(42-31(39)23-15-13-12-14-16-23)35(40)19-25(37)21(4)24(32(35,6)7)17-26(38)33(27,29)8/h12-16,27-30,40H,9-11,17-20H2,1-8H3/t27-,28+,29-,30-,33+,34-,35+/m0/s1. The van der Waals surface area contributed by atoms with Crippen molar-refractivity contribution in [2.45, 2.75) is 122 Å². The van der Waals surface area contributed by atoms with Gasteiger partial charge in [-0.15, -0.1) is 0 Å². The van der Waals surface area contributed by atoms with Gasteiger partial charge in [0.15, 0.2) is 19.7 Å². The Bertz CT molecular complexity index is 1410. The third-order valence-electron chi connectivity index (χ3n) is 12.1. The van der Waals surface area contributed by atoms with Crippen molar-refractivity contribution in [3.05, 3.63) is 47.0 Å². The fraction of sp³-hybridized carbons (Fsp3) is 0.657. The average molecular weight is 641 g/mol. The number of benzene rings is 1. The zero-order chi connectivity index (χ0) is 33.2. The van der Waals surface area contributed by atoms with Gasteiger partial charge in [-0.05, 0) is 55.3 Å². The van der Waals surface area contributed by atoms with Crippen LogP contribution in [0.2, 0.25) is 18.1 Å². The van der Waals surface area contributed by atoms with E-state index in [2.05, 4.69) is 20.8 Å². The first kappa shape index (κ1) is 33.7. The lowest BCUT2D eigenvalue weighted by atomic mass is 9.45. The molecule has 2 bridgehead atoms. The van der Waals surface area contributed by atoms with E-state index in [1.165, 1.54) is 6.92 Å². The van der Waals surface area contributed by atoms with E-state index in [0.29, 0.717) is 17.6 Å². The van der Waals surface area contributed by atoms with Gasteiger partial charge in [0.1, 0.15) is 23.6 Å². The van der Waals surface area contributed by atoms with Crippen molar-refractivity contribution in [3.8, 4) is 0 Å². The Kier molecular flexibility index (Phi) is 8.64. The molecule has 2 saturated carbocycles. The molecule has 7 atom stereocenters. The third-order valence-corrected chi connectivity index (χ3v) is 16.7. The number of allylic oxidation sites excluding steroid dienone is 1. The van der Waals surface area contributed by atoms with Crippen LogP contribution >= 0.6 is 0 Å². The molecule has 0 amide bonds. The minimum atomic E-state index is -2.33. The van der Waals surface area contributed by atoms with E-state index < -0.39 is 66.5 Å². The summed E-state index contributed by atoms with van der Waals surface area (Å²) in [5, 5.41) is 13.0. The van der Waals surface area contributed by atoms with E-state index in [-0.39, 0.29) is 36.6 Å². The Hall–Kier alpha value is -2.66. The maximum Gasteiger partial charge on any atom is 0.338 e. The van der Waals surface area contributed by atoms with Crippen LogP contribution in [0, 0.1) is 16.7 Å².